The van der Waals surface area contributed by atoms with Gasteiger partial charge in [-0.25, -0.2) is 9.97 Å². The van der Waals surface area contributed by atoms with Gasteiger partial charge in [-0.1, -0.05) is 0 Å². The first-order chi connectivity index (χ1) is 14.0. The summed E-state index contributed by atoms with van der Waals surface area (Å²) < 4.78 is 24.9. The number of amides is 1. The van der Waals surface area contributed by atoms with Gasteiger partial charge >= 0.3 is 0 Å². The molecule has 4 heterocycles. The second-order valence-corrected chi connectivity index (χ2v) is 7.55. The summed E-state index contributed by atoms with van der Waals surface area (Å²) in [7, 11) is 0. The maximum atomic E-state index is 13.4. The summed E-state index contributed by atoms with van der Waals surface area (Å²) >= 11 is 0. The van der Waals surface area contributed by atoms with Gasteiger partial charge in [-0.05, 0) is 38.0 Å². The summed E-state index contributed by atoms with van der Waals surface area (Å²) in [4.78, 5) is 23.7. The lowest BCUT2D eigenvalue weighted by Crippen LogP contribution is -2.46. The van der Waals surface area contributed by atoms with Gasteiger partial charge in [-0.15, -0.1) is 0 Å². The summed E-state index contributed by atoms with van der Waals surface area (Å²) in [6.07, 6.45) is 2.77. The molecule has 0 radical (unpaired) electrons. The smallest absolute Gasteiger partial charge is 0.256 e. The van der Waals surface area contributed by atoms with E-state index in [9.17, 15) is 9.18 Å². The predicted molar refractivity (Wildman–Crippen MR) is 107 cm³/mol. The van der Waals surface area contributed by atoms with E-state index in [1.165, 1.54) is 12.3 Å². The van der Waals surface area contributed by atoms with Crippen molar-refractivity contribution in [2.24, 2.45) is 0 Å². The highest BCUT2D eigenvalue weighted by Gasteiger charge is 2.27. The molecule has 1 N–H and O–H groups in total. The molecule has 1 saturated heterocycles. The first-order valence-electron chi connectivity index (χ1n) is 9.93. The van der Waals surface area contributed by atoms with Gasteiger partial charge in [-0.2, -0.15) is 4.39 Å². The second kappa shape index (κ2) is 8.42. The Hall–Kier alpha value is -2.58. The Morgan fingerprint density at radius 3 is 2.72 bits per heavy atom. The molecule has 0 unspecified atom stereocenters. The highest BCUT2D eigenvalue weighted by atomic mass is 19.1. The summed E-state index contributed by atoms with van der Waals surface area (Å²) in [6, 6.07) is 4.60. The third-order valence-corrected chi connectivity index (χ3v) is 5.15. The van der Waals surface area contributed by atoms with Gasteiger partial charge in [0.25, 0.3) is 5.91 Å². The van der Waals surface area contributed by atoms with Gasteiger partial charge in [0.05, 0.1) is 25.4 Å². The summed E-state index contributed by atoms with van der Waals surface area (Å²) in [5.74, 6) is -0.160. The van der Waals surface area contributed by atoms with Crippen LogP contribution in [0.15, 0.2) is 24.4 Å². The number of carbonyl (C=O) groups excluding carboxylic acids is 1. The summed E-state index contributed by atoms with van der Waals surface area (Å²) in [5.41, 5.74) is 2.71. The Bertz CT molecular complexity index is 897. The average Bonchev–Trinajstić information content (AvgIpc) is 2.92. The van der Waals surface area contributed by atoms with Crippen LogP contribution in [0.2, 0.25) is 0 Å². The number of nitrogens with zero attached hydrogens (tertiary/aromatic N) is 3. The van der Waals surface area contributed by atoms with Crippen molar-refractivity contribution in [3.8, 4) is 0 Å². The van der Waals surface area contributed by atoms with E-state index in [1.54, 1.807) is 6.07 Å². The van der Waals surface area contributed by atoms with Crippen LogP contribution in [0.25, 0.3) is 0 Å². The number of fused-ring (bicyclic) bond motifs is 1. The quantitative estimate of drug-likeness (QED) is 0.799. The number of nitrogens with one attached hydrogen (secondary N) is 1. The van der Waals surface area contributed by atoms with Gasteiger partial charge in [0, 0.05) is 48.7 Å². The molecule has 0 bridgehead atoms. The SMILES string of the molecule is C[C@@H]1CN(c2cc(C(=O)Nc3ccnc(F)c3)c3c(n2)CCOCC3)C[C@H](C)O1. The first-order valence-corrected chi connectivity index (χ1v) is 9.93. The molecular formula is C21H25FN4O3. The van der Waals surface area contributed by atoms with E-state index in [0.717, 1.165) is 17.1 Å². The molecule has 4 rings (SSSR count). The maximum Gasteiger partial charge on any atom is 0.256 e. The molecule has 154 valence electrons. The van der Waals surface area contributed by atoms with E-state index in [2.05, 4.69) is 15.2 Å². The molecule has 2 aliphatic heterocycles. The van der Waals surface area contributed by atoms with Crippen molar-refractivity contribution in [2.45, 2.75) is 38.9 Å². The highest BCUT2D eigenvalue weighted by molar-refractivity contribution is 6.06. The van der Waals surface area contributed by atoms with E-state index in [-0.39, 0.29) is 18.1 Å². The number of morpholine rings is 1. The molecule has 29 heavy (non-hydrogen) atoms. The number of pyridine rings is 2. The van der Waals surface area contributed by atoms with Crippen molar-refractivity contribution in [2.75, 3.05) is 36.5 Å². The van der Waals surface area contributed by atoms with Crippen LogP contribution in [0.5, 0.6) is 0 Å². The lowest BCUT2D eigenvalue weighted by atomic mass is 10.0. The highest BCUT2D eigenvalue weighted by Crippen LogP contribution is 2.26. The molecule has 2 atom stereocenters. The van der Waals surface area contributed by atoms with E-state index in [4.69, 9.17) is 14.5 Å². The molecule has 0 spiro atoms. The van der Waals surface area contributed by atoms with Gasteiger partial charge in [0.2, 0.25) is 5.95 Å². The van der Waals surface area contributed by atoms with Crippen LogP contribution in [0.3, 0.4) is 0 Å². The molecule has 1 fully saturated rings. The molecule has 8 heteroatoms. The fourth-order valence-electron chi connectivity index (χ4n) is 3.95. The van der Waals surface area contributed by atoms with Gasteiger partial charge in [0.15, 0.2) is 0 Å². The summed E-state index contributed by atoms with van der Waals surface area (Å²) in [6.45, 7) is 6.61. The Kier molecular flexibility index (Phi) is 5.73. The molecule has 7 nitrogen and oxygen atoms in total. The lowest BCUT2D eigenvalue weighted by Gasteiger charge is -2.36. The Labute approximate surface area is 169 Å². The van der Waals surface area contributed by atoms with E-state index < -0.39 is 5.95 Å². The number of hydrogen-bond acceptors (Lipinski definition) is 6. The van der Waals surface area contributed by atoms with Crippen molar-refractivity contribution in [3.63, 3.8) is 0 Å². The molecule has 0 aliphatic carbocycles. The zero-order chi connectivity index (χ0) is 20.4. The second-order valence-electron chi connectivity index (χ2n) is 7.55. The van der Waals surface area contributed by atoms with Crippen LogP contribution in [0.1, 0.15) is 35.5 Å². The van der Waals surface area contributed by atoms with Gasteiger partial charge < -0.3 is 19.7 Å². The van der Waals surface area contributed by atoms with Crippen LogP contribution in [0.4, 0.5) is 15.9 Å². The minimum atomic E-state index is -0.637. The number of hydrogen-bond donors (Lipinski definition) is 1. The fraction of sp³-hybridized carbons (Fsp3) is 0.476. The number of halogens is 1. The van der Waals surface area contributed by atoms with Crippen molar-refractivity contribution in [1.29, 1.82) is 0 Å². The molecule has 2 aliphatic rings. The Morgan fingerprint density at radius 1 is 1.21 bits per heavy atom. The van der Waals surface area contributed by atoms with Crippen molar-refractivity contribution >= 4 is 17.4 Å². The molecule has 2 aromatic rings. The number of ether oxygens (including phenoxy) is 2. The third-order valence-electron chi connectivity index (χ3n) is 5.15. The monoisotopic (exact) mass is 400 g/mol. The molecule has 2 aromatic heterocycles. The Balaban J connectivity index is 1.70. The van der Waals surface area contributed by atoms with Crippen LogP contribution >= 0.6 is 0 Å². The zero-order valence-electron chi connectivity index (χ0n) is 16.7. The van der Waals surface area contributed by atoms with Crippen LogP contribution < -0.4 is 10.2 Å². The molecule has 0 aromatic carbocycles. The largest absolute Gasteiger partial charge is 0.381 e. The van der Waals surface area contributed by atoms with Crippen LogP contribution in [0, 0.1) is 5.95 Å². The molecule has 0 saturated carbocycles. The average molecular weight is 400 g/mol. The topological polar surface area (TPSA) is 76.6 Å². The zero-order valence-corrected chi connectivity index (χ0v) is 16.7. The van der Waals surface area contributed by atoms with E-state index in [1.807, 2.05) is 19.9 Å². The number of aromatic nitrogens is 2. The minimum absolute atomic E-state index is 0.0831. The van der Waals surface area contributed by atoms with Crippen molar-refractivity contribution in [1.82, 2.24) is 9.97 Å². The standard InChI is InChI=1S/C21H25FN4O3/c1-13-11-26(12-14(2)29-13)20-10-17(16-4-7-28-8-5-18(16)25-20)21(27)24-15-3-6-23-19(22)9-15/h3,6,9-10,13-14H,4-5,7-8,11-12H2,1-2H3,(H,23,24,27)/t13-,14+. The van der Waals surface area contributed by atoms with Crippen LogP contribution in [-0.2, 0) is 22.3 Å². The fourth-order valence-corrected chi connectivity index (χ4v) is 3.95. The van der Waals surface area contributed by atoms with Gasteiger partial charge in [-0.3, -0.25) is 4.79 Å². The first kappa shape index (κ1) is 19.7. The lowest BCUT2D eigenvalue weighted by molar-refractivity contribution is -0.00547. The number of rotatable bonds is 3. The number of carbonyl (C=O) groups is 1. The third kappa shape index (κ3) is 4.54. The molecule has 1 amide bonds. The summed E-state index contributed by atoms with van der Waals surface area (Å²) in [5, 5.41) is 2.79. The molecular weight excluding hydrogens is 375 g/mol. The Morgan fingerprint density at radius 2 is 1.97 bits per heavy atom. The van der Waals surface area contributed by atoms with Crippen molar-refractivity contribution in [3.05, 3.63) is 47.2 Å². The maximum absolute atomic E-state index is 13.4. The predicted octanol–water partition coefficient (Wildman–Crippen LogP) is 2.60. The minimum Gasteiger partial charge on any atom is -0.381 e. The van der Waals surface area contributed by atoms with Crippen LogP contribution in [-0.4, -0.2) is 54.4 Å². The van der Waals surface area contributed by atoms with Gasteiger partial charge in [0.1, 0.15) is 5.82 Å². The van der Waals surface area contributed by atoms with E-state index in [0.29, 0.717) is 50.4 Å². The number of anilines is 2. The normalized spacial score (nSPS) is 22.0. The van der Waals surface area contributed by atoms with Crippen molar-refractivity contribution < 1.29 is 18.7 Å². The van der Waals surface area contributed by atoms with E-state index >= 15 is 0 Å².